The number of methoxy groups -OCH3 is 1. The topological polar surface area (TPSA) is 115 Å². The van der Waals surface area contributed by atoms with Gasteiger partial charge >= 0.3 is 5.97 Å². The molecule has 1 amide bonds. The Labute approximate surface area is 237 Å². The third kappa shape index (κ3) is 6.14. The maximum Gasteiger partial charge on any atom is 0.341 e. The second kappa shape index (κ2) is 12.2. The Hall–Kier alpha value is -4.13. The zero-order valence-corrected chi connectivity index (χ0v) is 23.1. The normalized spacial score (nSPS) is 17.7. The van der Waals surface area contributed by atoms with Crippen molar-refractivity contribution in [2.24, 2.45) is 5.10 Å². The first-order valence-corrected chi connectivity index (χ1v) is 14.4. The number of hydrazone groups is 1. The van der Waals surface area contributed by atoms with Gasteiger partial charge in [0.25, 0.3) is 5.91 Å². The Bertz CT molecular complexity index is 1560. The molecule has 2 heterocycles. The van der Waals surface area contributed by atoms with Crippen molar-refractivity contribution >= 4 is 27.6 Å². The molecule has 0 unspecified atom stereocenters. The smallest absolute Gasteiger partial charge is 0.341 e. The van der Waals surface area contributed by atoms with Crippen LogP contribution in [-0.4, -0.2) is 75.3 Å². The van der Waals surface area contributed by atoms with Crippen LogP contribution in [0.3, 0.4) is 0 Å². The lowest BCUT2D eigenvalue weighted by Gasteiger charge is -2.26. The van der Waals surface area contributed by atoms with Gasteiger partial charge in [0, 0.05) is 19.5 Å². The molecule has 0 N–H and O–H groups in total. The average molecular weight is 582 g/mol. The Kier molecular flexibility index (Phi) is 8.43. The highest BCUT2D eigenvalue weighted by Crippen LogP contribution is 2.33. The molecule has 214 valence electrons. The second-order valence-corrected chi connectivity index (χ2v) is 11.3. The standard InChI is InChI=1S/C29H28FN3O7S/c1-38-22-9-7-21(8-10-22)27-18-26(20-5-3-2-4-6-20)31-33(27)28(34)19-40-29(35)24-17-23(11-12-25(24)30)41(36,37)32-13-15-39-16-14-32/h2-12,17,27H,13-16,18-19H2,1H3/t27-/m0/s1. The predicted molar refractivity (Wildman–Crippen MR) is 146 cm³/mol. The third-order valence-electron chi connectivity index (χ3n) is 6.87. The van der Waals surface area contributed by atoms with Crippen LogP contribution < -0.4 is 4.74 Å². The van der Waals surface area contributed by atoms with Gasteiger partial charge in [-0.1, -0.05) is 42.5 Å². The number of benzene rings is 3. The number of hydrogen-bond acceptors (Lipinski definition) is 8. The van der Waals surface area contributed by atoms with Crippen molar-refractivity contribution in [1.82, 2.24) is 9.31 Å². The first kappa shape index (κ1) is 28.4. The van der Waals surface area contributed by atoms with Gasteiger partial charge in [-0.15, -0.1) is 0 Å². The summed E-state index contributed by atoms with van der Waals surface area (Å²) in [6.07, 6.45) is 0.423. The highest BCUT2D eigenvalue weighted by Gasteiger charge is 2.34. The number of amides is 1. The first-order chi connectivity index (χ1) is 19.8. The van der Waals surface area contributed by atoms with Crippen molar-refractivity contribution in [2.45, 2.75) is 17.4 Å². The Morgan fingerprint density at radius 3 is 2.41 bits per heavy atom. The van der Waals surface area contributed by atoms with Crippen LogP contribution in [-0.2, 0) is 24.3 Å². The number of esters is 1. The molecule has 0 spiro atoms. The van der Waals surface area contributed by atoms with E-state index in [4.69, 9.17) is 14.2 Å². The molecule has 0 radical (unpaired) electrons. The lowest BCUT2D eigenvalue weighted by Crippen LogP contribution is -2.40. The number of carbonyl (C=O) groups is 2. The molecule has 12 heteroatoms. The molecular weight excluding hydrogens is 553 g/mol. The highest BCUT2D eigenvalue weighted by molar-refractivity contribution is 7.89. The molecule has 3 aromatic rings. The summed E-state index contributed by atoms with van der Waals surface area (Å²) >= 11 is 0. The summed E-state index contributed by atoms with van der Waals surface area (Å²) in [5.41, 5.74) is 1.73. The SMILES string of the molecule is COc1ccc([C@@H]2CC(c3ccccc3)=NN2C(=O)COC(=O)c2cc(S(=O)(=O)N3CCOCC3)ccc2F)cc1. The zero-order valence-electron chi connectivity index (χ0n) is 22.2. The second-order valence-electron chi connectivity index (χ2n) is 9.38. The predicted octanol–water partition coefficient (Wildman–Crippen LogP) is 3.39. The fraction of sp³-hybridized carbons (Fsp3) is 0.276. The number of carbonyl (C=O) groups excluding carboxylic acids is 2. The van der Waals surface area contributed by atoms with Crippen molar-refractivity contribution in [1.29, 1.82) is 0 Å². The molecule has 10 nitrogen and oxygen atoms in total. The summed E-state index contributed by atoms with van der Waals surface area (Å²) in [6, 6.07) is 19.0. The third-order valence-corrected chi connectivity index (χ3v) is 8.76. The van der Waals surface area contributed by atoms with E-state index in [1.807, 2.05) is 42.5 Å². The zero-order chi connectivity index (χ0) is 29.0. The van der Waals surface area contributed by atoms with Gasteiger partial charge in [0.2, 0.25) is 10.0 Å². The lowest BCUT2D eigenvalue weighted by atomic mass is 9.98. The molecule has 0 aromatic heterocycles. The van der Waals surface area contributed by atoms with Crippen LogP contribution in [0.2, 0.25) is 0 Å². The summed E-state index contributed by atoms with van der Waals surface area (Å²) < 4.78 is 57.4. The van der Waals surface area contributed by atoms with Crippen LogP contribution in [0, 0.1) is 5.82 Å². The molecule has 0 aliphatic carbocycles. The Balaban J connectivity index is 1.34. The van der Waals surface area contributed by atoms with Crippen molar-refractivity contribution in [3.63, 3.8) is 0 Å². The molecule has 5 rings (SSSR count). The minimum atomic E-state index is -3.98. The highest BCUT2D eigenvalue weighted by atomic mass is 32.2. The fourth-order valence-electron chi connectivity index (χ4n) is 4.66. The maximum absolute atomic E-state index is 14.6. The van der Waals surface area contributed by atoms with Crippen LogP contribution in [0.15, 0.2) is 82.8 Å². The number of nitrogens with zero attached hydrogens (tertiary/aromatic N) is 3. The lowest BCUT2D eigenvalue weighted by molar-refractivity contribution is -0.136. The van der Waals surface area contributed by atoms with Gasteiger partial charge in [-0.25, -0.2) is 22.6 Å². The van der Waals surface area contributed by atoms with Crippen LogP contribution in [0.1, 0.15) is 33.9 Å². The van der Waals surface area contributed by atoms with E-state index >= 15 is 0 Å². The molecule has 0 bridgehead atoms. The number of halogens is 1. The molecular formula is C29H28FN3O7S. The molecule has 2 aliphatic rings. The van der Waals surface area contributed by atoms with E-state index in [-0.39, 0.29) is 31.2 Å². The van der Waals surface area contributed by atoms with Gasteiger partial charge in [-0.2, -0.15) is 9.41 Å². The minimum Gasteiger partial charge on any atom is -0.497 e. The molecule has 3 aromatic carbocycles. The summed E-state index contributed by atoms with van der Waals surface area (Å²) in [5, 5.41) is 5.79. The van der Waals surface area contributed by atoms with E-state index in [9.17, 15) is 22.4 Å². The molecule has 2 aliphatic heterocycles. The van der Waals surface area contributed by atoms with Gasteiger partial charge in [-0.3, -0.25) is 4.79 Å². The fourth-order valence-corrected chi connectivity index (χ4v) is 6.09. The van der Waals surface area contributed by atoms with Gasteiger partial charge in [-0.05, 0) is 41.5 Å². The van der Waals surface area contributed by atoms with Crippen molar-refractivity contribution in [3.05, 3.63) is 95.3 Å². The summed E-state index contributed by atoms with van der Waals surface area (Å²) in [7, 11) is -2.42. The van der Waals surface area contributed by atoms with Gasteiger partial charge in [0.1, 0.15) is 11.6 Å². The number of morpholine rings is 1. The Morgan fingerprint density at radius 2 is 1.73 bits per heavy atom. The quantitative estimate of drug-likeness (QED) is 0.375. The van der Waals surface area contributed by atoms with Crippen LogP contribution in [0.4, 0.5) is 4.39 Å². The van der Waals surface area contributed by atoms with E-state index in [0.717, 1.165) is 29.3 Å². The molecule has 0 saturated carbocycles. The van der Waals surface area contributed by atoms with Crippen LogP contribution in [0.25, 0.3) is 0 Å². The largest absolute Gasteiger partial charge is 0.497 e. The number of ether oxygens (including phenoxy) is 3. The van der Waals surface area contributed by atoms with E-state index in [0.29, 0.717) is 17.9 Å². The molecule has 1 fully saturated rings. The monoisotopic (exact) mass is 581 g/mol. The van der Waals surface area contributed by atoms with Crippen molar-refractivity contribution < 1.29 is 36.6 Å². The van der Waals surface area contributed by atoms with E-state index in [2.05, 4.69) is 5.10 Å². The molecule has 41 heavy (non-hydrogen) atoms. The van der Waals surface area contributed by atoms with Gasteiger partial charge < -0.3 is 14.2 Å². The Morgan fingerprint density at radius 1 is 1.02 bits per heavy atom. The van der Waals surface area contributed by atoms with Crippen LogP contribution >= 0.6 is 0 Å². The van der Waals surface area contributed by atoms with Crippen molar-refractivity contribution in [2.75, 3.05) is 40.0 Å². The first-order valence-electron chi connectivity index (χ1n) is 12.9. The average Bonchev–Trinajstić information content (AvgIpc) is 3.46. The molecule has 1 saturated heterocycles. The maximum atomic E-state index is 14.6. The number of rotatable bonds is 8. The number of hydrogen-bond donors (Lipinski definition) is 0. The van der Waals surface area contributed by atoms with E-state index in [1.165, 1.54) is 9.31 Å². The van der Waals surface area contributed by atoms with Gasteiger partial charge in [0.05, 0.1) is 42.5 Å². The number of sulfonamides is 1. The molecule has 1 atom stereocenters. The summed E-state index contributed by atoms with van der Waals surface area (Å²) in [6.45, 7) is 0.0339. The summed E-state index contributed by atoms with van der Waals surface area (Å²) in [5.74, 6) is -2.10. The minimum absolute atomic E-state index is 0.144. The van der Waals surface area contributed by atoms with Gasteiger partial charge in [0.15, 0.2) is 6.61 Å². The van der Waals surface area contributed by atoms with Crippen LogP contribution in [0.5, 0.6) is 5.75 Å². The van der Waals surface area contributed by atoms with E-state index < -0.39 is 45.9 Å². The van der Waals surface area contributed by atoms with Crippen molar-refractivity contribution in [3.8, 4) is 5.75 Å². The van der Waals surface area contributed by atoms with E-state index in [1.54, 1.807) is 19.2 Å². The summed E-state index contributed by atoms with van der Waals surface area (Å²) in [4.78, 5) is 25.9.